The number of nitrogens with zero attached hydrogens (tertiary/aromatic N) is 3. The van der Waals surface area contributed by atoms with Gasteiger partial charge in [-0.15, -0.1) is 23.2 Å². The molecule has 1 heterocycles. The lowest BCUT2D eigenvalue weighted by Crippen LogP contribution is -2.34. The first-order valence-electron chi connectivity index (χ1n) is 5.82. The van der Waals surface area contributed by atoms with Crippen molar-refractivity contribution in [3.63, 3.8) is 0 Å². The largest absolute Gasteiger partial charge is 0.253 e. The van der Waals surface area contributed by atoms with Gasteiger partial charge in [-0.2, -0.15) is 5.10 Å². The Balaban J connectivity index is 2.37. The van der Waals surface area contributed by atoms with Crippen molar-refractivity contribution in [1.82, 2.24) is 14.8 Å². The molecule has 2 aromatic rings. The van der Waals surface area contributed by atoms with Gasteiger partial charge in [0.05, 0.1) is 0 Å². The minimum Gasteiger partial charge on any atom is -0.253 e. The van der Waals surface area contributed by atoms with Crippen LogP contribution >= 0.6 is 34.8 Å². The Bertz CT molecular complexity index is 532. The van der Waals surface area contributed by atoms with Gasteiger partial charge in [0.15, 0.2) is 0 Å². The van der Waals surface area contributed by atoms with E-state index in [1.807, 2.05) is 31.3 Å². The normalized spacial score (nSPS) is 11.8. The Labute approximate surface area is 127 Å². The van der Waals surface area contributed by atoms with Crippen molar-refractivity contribution in [3.8, 4) is 0 Å². The molecule has 3 nitrogen and oxygen atoms in total. The SMILES string of the molecule is Cn1ncnc1CC(CCl)(CCl)c1ccc(Cl)cc1. The number of alkyl halides is 2. The van der Waals surface area contributed by atoms with E-state index in [0.717, 1.165) is 11.4 Å². The molecule has 0 aliphatic rings. The van der Waals surface area contributed by atoms with Crippen molar-refractivity contribution in [2.24, 2.45) is 7.05 Å². The fourth-order valence-electron chi connectivity index (χ4n) is 1.97. The van der Waals surface area contributed by atoms with E-state index in [9.17, 15) is 0 Å². The second-order valence-electron chi connectivity index (χ2n) is 4.53. The van der Waals surface area contributed by atoms with Gasteiger partial charge in [-0.3, -0.25) is 4.68 Å². The minimum atomic E-state index is -0.367. The fourth-order valence-corrected chi connectivity index (χ4v) is 2.88. The molecule has 0 fully saturated rings. The molecular weight excluding hydrogens is 305 g/mol. The molecule has 0 bridgehead atoms. The predicted molar refractivity (Wildman–Crippen MR) is 79.3 cm³/mol. The molecule has 0 spiro atoms. The zero-order valence-corrected chi connectivity index (χ0v) is 12.8. The van der Waals surface area contributed by atoms with Crippen LogP contribution in [0.3, 0.4) is 0 Å². The van der Waals surface area contributed by atoms with Crippen molar-refractivity contribution in [1.29, 1.82) is 0 Å². The van der Waals surface area contributed by atoms with Crippen LogP contribution in [-0.2, 0) is 18.9 Å². The van der Waals surface area contributed by atoms with E-state index in [1.54, 1.807) is 4.68 Å². The average Bonchev–Trinajstić information content (AvgIpc) is 2.82. The summed E-state index contributed by atoms with van der Waals surface area (Å²) in [4.78, 5) is 4.25. The molecule has 0 aliphatic heterocycles. The highest BCUT2D eigenvalue weighted by molar-refractivity contribution is 6.30. The highest BCUT2D eigenvalue weighted by Gasteiger charge is 2.32. The van der Waals surface area contributed by atoms with Crippen LogP contribution in [-0.4, -0.2) is 26.5 Å². The van der Waals surface area contributed by atoms with Crippen molar-refractivity contribution >= 4 is 34.8 Å². The van der Waals surface area contributed by atoms with Crippen LogP contribution in [0.5, 0.6) is 0 Å². The first-order valence-corrected chi connectivity index (χ1v) is 7.27. The quantitative estimate of drug-likeness (QED) is 0.791. The van der Waals surface area contributed by atoms with E-state index in [4.69, 9.17) is 34.8 Å². The Hall–Kier alpha value is -0.770. The van der Waals surface area contributed by atoms with E-state index >= 15 is 0 Å². The zero-order valence-electron chi connectivity index (χ0n) is 10.5. The van der Waals surface area contributed by atoms with E-state index in [-0.39, 0.29) is 5.41 Å². The van der Waals surface area contributed by atoms with Gasteiger partial charge in [-0.25, -0.2) is 4.98 Å². The number of hydrogen-bond donors (Lipinski definition) is 0. The monoisotopic (exact) mass is 317 g/mol. The maximum absolute atomic E-state index is 6.19. The fraction of sp³-hybridized carbons (Fsp3) is 0.385. The lowest BCUT2D eigenvalue weighted by atomic mass is 9.81. The average molecular weight is 319 g/mol. The van der Waals surface area contributed by atoms with Crippen LogP contribution in [0.2, 0.25) is 5.02 Å². The number of aromatic nitrogens is 3. The molecule has 1 aromatic carbocycles. The highest BCUT2D eigenvalue weighted by atomic mass is 35.5. The number of halogens is 3. The lowest BCUT2D eigenvalue weighted by Gasteiger charge is -2.29. The third-order valence-corrected chi connectivity index (χ3v) is 4.55. The van der Waals surface area contributed by atoms with Crippen LogP contribution in [0, 0.1) is 0 Å². The topological polar surface area (TPSA) is 30.7 Å². The standard InChI is InChI=1S/C13H14Cl3N3/c1-19-12(17-9-18-19)6-13(7-14,8-15)10-2-4-11(16)5-3-10/h2-5,9H,6-8H2,1H3. The molecule has 6 heteroatoms. The van der Waals surface area contributed by atoms with E-state index in [1.165, 1.54) is 6.33 Å². The lowest BCUT2D eigenvalue weighted by molar-refractivity contribution is 0.503. The summed E-state index contributed by atoms with van der Waals surface area (Å²) in [5.74, 6) is 1.67. The molecule has 0 atom stereocenters. The summed E-state index contributed by atoms with van der Waals surface area (Å²) < 4.78 is 1.74. The van der Waals surface area contributed by atoms with Gasteiger partial charge in [0.25, 0.3) is 0 Å². The summed E-state index contributed by atoms with van der Waals surface area (Å²) in [6, 6.07) is 7.62. The molecule has 0 aliphatic carbocycles. The molecule has 0 unspecified atom stereocenters. The third kappa shape index (κ3) is 3.04. The van der Waals surface area contributed by atoms with Crippen molar-refractivity contribution in [3.05, 3.63) is 47.0 Å². The summed E-state index contributed by atoms with van der Waals surface area (Å²) in [6.07, 6.45) is 2.17. The molecule has 0 saturated carbocycles. The third-order valence-electron chi connectivity index (χ3n) is 3.27. The van der Waals surface area contributed by atoms with E-state index < -0.39 is 0 Å². The maximum Gasteiger partial charge on any atom is 0.138 e. The molecule has 1 aromatic heterocycles. The molecule has 0 amide bonds. The minimum absolute atomic E-state index is 0.367. The van der Waals surface area contributed by atoms with Gasteiger partial charge < -0.3 is 0 Å². The molecule has 0 saturated heterocycles. The molecule has 102 valence electrons. The second kappa shape index (κ2) is 6.12. The number of rotatable bonds is 5. The second-order valence-corrected chi connectivity index (χ2v) is 5.50. The number of benzene rings is 1. The first kappa shape index (κ1) is 14.6. The van der Waals surface area contributed by atoms with Gasteiger partial charge >= 0.3 is 0 Å². The van der Waals surface area contributed by atoms with Gasteiger partial charge in [0, 0.05) is 35.7 Å². The Morgan fingerprint density at radius 2 is 1.79 bits per heavy atom. The van der Waals surface area contributed by atoms with E-state index in [0.29, 0.717) is 23.2 Å². The summed E-state index contributed by atoms with van der Waals surface area (Å²) in [5.41, 5.74) is 0.694. The Morgan fingerprint density at radius 3 is 2.26 bits per heavy atom. The Morgan fingerprint density at radius 1 is 1.16 bits per heavy atom. The zero-order chi connectivity index (χ0) is 13.9. The van der Waals surface area contributed by atoms with Gasteiger partial charge in [0.1, 0.15) is 12.2 Å². The molecule has 19 heavy (non-hydrogen) atoms. The summed E-state index contributed by atoms with van der Waals surface area (Å²) in [7, 11) is 1.86. The molecule has 0 N–H and O–H groups in total. The van der Waals surface area contributed by atoms with Gasteiger partial charge in [0.2, 0.25) is 0 Å². The van der Waals surface area contributed by atoms with Crippen LogP contribution in [0.15, 0.2) is 30.6 Å². The van der Waals surface area contributed by atoms with Crippen molar-refractivity contribution in [2.45, 2.75) is 11.8 Å². The summed E-state index contributed by atoms with van der Waals surface area (Å²) >= 11 is 18.3. The van der Waals surface area contributed by atoms with Crippen molar-refractivity contribution < 1.29 is 0 Å². The number of aryl methyl sites for hydroxylation is 1. The predicted octanol–water partition coefficient (Wildman–Crippen LogP) is 3.43. The highest BCUT2D eigenvalue weighted by Crippen LogP contribution is 2.31. The maximum atomic E-state index is 6.19. The first-order chi connectivity index (χ1) is 9.11. The molecular formula is C13H14Cl3N3. The van der Waals surface area contributed by atoms with Crippen LogP contribution < -0.4 is 0 Å². The number of hydrogen-bond acceptors (Lipinski definition) is 2. The van der Waals surface area contributed by atoms with Crippen LogP contribution in [0.4, 0.5) is 0 Å². The summed E-state index contributed by atoms with van der Waals surface area (Å²) in [6.45, 7) is 0. The van der Waals surface area contributed by atoms with Gasteiger partial charge in [-0.1, -0.05) is 23.7 Å². The van der Waals surface area contributed by atoms with Gasteiger partial charge in [-0.05, 0) is 17.7 Å². The van der Waals surface area contributed by atoms with E-state index in [2.05, 4.69) is 10.1 Å². The molecule has 0 radical (unpaired) electrons. The van der Waals surface area contributed by atoms with Crippen LogP contribution in [0.25, 0.3) is 0 Å². The summed E-state index contributed by atoms with van der Waals surface area (Å²) in [5, 5.41) is 4.77. The smallest absolute Gasteiger partial charge is 0.138 e. The van der Waals surface area contributed by atoms with Crippen molar-refractivity contribution in [2.75, 3.05) is 11.8 Å². The molecule has 2 rings (SSSR count). The Kier molecular flexibility index (Phi) is 4.71. The van der Waals surface area contributed by atoms with Crippen LogP contribution in [0.1, 0.15) is 11.4 Å².